The quantitative estimate of drug-likeness (QED) is 0.331. The molecule has 0 spiro atoms. The van der Waals surface area contributed by atoms with Crippen molar-refractivity contribution in [1.82, 2.24) is 9.97 Å². The number of benzene rings is 1. The Hall–Kier alpha value is -3.41. The molecule has 6 nitrogen and oxygen atoms in total. The Bertz CT molecular complexity index is 999. The highest BCUT2D eigenvalue weighted by atomic mass is 16.2. The molecule has 0 atom stereocenters. The lowest BCUT2D eigenvalue weighted by Gasteiger charge is -2.02. The van der Waals surface area contributed by atoms with E-state index in [2.05, 4.69) is 15.3 Å². The van der Waals surface area contributed by atoms with E-state index in [1.165, 1.54) is 0 Å². The number of pyridine rings is 1. The lowest BCUT2D eigenvalue weighted by molar-refractivity contribution is -0.110. The largest absolute Gasteiger partial charge is 0.384 e. The summed E-state index contributed by atoms with van der Waals surface area (Å²) in [5.41, 5.74) is 9.82. The summed E-state index contributed by atoms with van der Waals surface area (Å²) in [6.45, 7) is 0. The third kappa shape index (κ3) is 2.08. The lowest BCUT2D eigenvalue weighted by Crippen LogP contribution is -2.10. The number of anilines is 1. The standard InChI is InChI=1S/C17H13N5O/c18-15(19)9-3-4-14-12(6-9)13(17(23)22-14)7-10-8-21-16-11(10)2-1-5-20-16/h1-8H,(H3,18,19)(H,20,21)(H,22,23). The maximum Gasteiger partial charge on any atom is 0.256 e. The van der Waals surface area contributed by atoms with Gasteiger partial charge in [-0.3, -0.25) is 10.2 Å². The molecule has 0 aliphatic carbocycles. The number of nitrogen functional groups attached to an aromatic ring is 1. The van der Waals surface area contributed by atoms with Gasteiger partial charge in [0.1, 0.15) is 11.5 Å². The maximum absolute atomic E-state index is 12.3. The van der Waals surface area contributed by atoms with E-state index in [0.717, 1.165) is 27.8 Å². The smallest absolute Gasteiger partial charge is 0.256 e. The lowest BCUT2D eigenvalue weighted by atomic mass is 10.0. The first-order chi connectivity index (χ1) is 11.1. The fourth-order valence-electron chi connectivity index (χ4n) is 2.75. The number of aromatic nitrogens is 2. The second-order valence-electron chi connectivity index (χ2n) is 5.33. The van der Waals surface area contributed by atoms with E-state index in [-0.39, 0.29) is 11.7 Å². The highest BCUT2D eigenvalue weighted by Crippen LogP contribution is 2.34. The summed E-state index contributed by atoms with van der Waals surface area (Å²) in [6.07, 6.45) is 5.36. The van der Waals surface area contributed by atoms with Crippen molar-refractivity contribution in [2.24, 2.45) is 5.73 Å². The molecule has 1 aliphatic heterocycles. The molecule has 23 heavy (non-hydrogen) atoms. The van der Waals surface area contributed by atoms with E-state index in [1.54, 1.807) is 24.4 Å². The van der Waals surface area contributed by atoms with Crippen LogP contribution in [0.15, 0.2) is 42.7 Å². The number of fused-ring (bicyclic) bond motifs is 2. The summed E-state index contributed by atoms with van der Waals surface area (Å²) in [7, 11) is 0. The van der Waals surface area contributed by atoms with Crippen LogP contribution < -0.4 is 11.1 Å². The van der Waals surface area contributed by atoms with Gasteiger partial charge in [-0.15, -0.1) is 0 Å². The van der Waals surface area contributed by atoms with E-state index in [4.69, 9.17) is 11.1 Å². The van der Waals surface area contributed by atoms with Crippen molar-refractivity contribution in [1.29, 1.82) is 5.41 Å². The average Bonchev–Trinajstić information content (AvgIpc) is 3.09. The van der Waals surface area contributed by atoms with Gasteiger partial charge in [0.25, 0.3) is 5.91 Å². The summed E-state index contributed by atoms with van der Waals surface area (Å²) >= 11 is 0. The minimum atomic E-state index is -0.168. The minimum absolute atomic E-state index is 0.0252. The van der Waals surface area contributed by atoms with Gasteiger partial charge in [0.15, 0.2) is 0 Å². The number of H-pyrrole nitrogens is 1. The Labute approximate surface area is 131 Å². The van der Waals surface area contributed by atoms with Gasteiger partial charge in [0.05, 0.1) is 0 Å². The molecule has 3 aromatic rings. The van der Waals surface area contributed by atoms with Crippen molar-refractivity contribution >= 4 is 40.1 Å². The molecule has 0 bridgehead atoms. The van der Waals surface area contributed by atoms with Crippen LogP contribution in [0.2, 0.25) is 0 Å². The normalized spacial score (nSPS) is 15.0. The Balaban J connectivity index is 1.88. The molecule has 6 heteroatoms. The van der Waals surface area contributed by atoms with Gasteiger partial charge in [0, 0.05) is 45.7 Å². The third-order valence-electron chi connectivity index (χ3n) is 3.90. The predicted molar refractivity (Wildman–Crippen MR) is 90.1 cm³/mol. The molecular weight excluding hydrogens is 290 g/mol. The monoisotopic (exact) mass is 303 g/mol. The third-order valence-corrected chi connectivity index (χ3v) is 3.90. The zero-order valence-corrected chi connectivity index (χ0v) is 12.1. The molecule has 0 saturated carbocycles. The molecule has 4 rings (SSSR count). The first-order valence-electron chi connectivity index (χ1n) is 7.07. The molecule has 2 aromatic heterocycles. The van der Waals surface area contributed by atoms with Crippen LogP contribution in [0, 0.1) is 5.41 Å². The van der Waals surface area contributed by atoms with Crippen LogP contribution in [0.4, 0.5) is 5.69 Å². The number of nitrogens with zero attached hydrogens (tertiary/aromatic N) is 1. The van der Waals surface area contributed by atoms with E-state index in [1.807, 2.05) is 24.4 Å². The fourth-order valence-corrected chi connectivity index (χ4v) is 2.75. The molecule has 3 heterocycles. The first-order valence-corrected chi connectivity index (χ1v) is 7.07. The number of amides is 1. The fraction of sp³-hybridized carbons (Fsp3) is 0. The van der Waals surface area contributed by atoms with Gasteiger partial charge >= 0.3 is 0 Å². The van der Waals surface area contributed by atoms with Crippen molar-refractivity contribution in [3.8, 4) is 0 Å². The predicted octanol–water partition coefficient (Wildman–Crippen LogP) is 2.34. The van der Waals surface area contributed by atoms with Crippen LogP contribution in [0.5, 0.6) is 0 Å². The number of carbonyl (C=O) groups is 1. The molecule has 1 aromatic carbocycles. The molecular formula is C17H13N5O. The second-order valence-corrected chi connectivity index (χ2v) is 5.33. The Morgan fingerprint density at radius 2 is 2.17 bits per heavy atom. The Kier molecular flexibility index (Phi) is 2.77. The van der Waals surface area contributed by atoms with E-state index in [9.17, 15) is 4.79 Å². The zero-order chi connectivity index (χ0) is 16.0. The van der Waals surface area contributed by atoms with Crippen LogP contribution >= 0.6 is 0 Å². The molecule has 112 valence electrons. The first kappa shape index (κ1) is 13.3. The Morgan fingerprint density at radius 1 is 1.30 bits per heavy atom. The van der Waals surface area contributed by atoms with Gasteiger partial charge in [-0.2, -0.15) is 0 Å². The summed E-state index contributed by atoms with van der Waals surface area (Å²) < 4.78 is 0. The van der Waals surface area contributed by atoms with Crippen molar-refractivity contribution < 1.29 is 4.79 Å². The highest BCUT2D eigenvalue weighted by Gasteiger charge is 2.25. The number of nitrogens with one attached hydrogen (secondary N) is 3. The van der Waals surface area contributed by atoms with Gasteiger partial charge < -0.3 is 16.0 Å². The van der Waals surface area contributed by atoms with Crippen LogP contribution in [0.1, 0.15) is 16.7 Å². The summed E-state index contributed by atoms with van der Waals surface area (Å²) in [6, 6.07) is 9.05. The van der Waals surface area contributed by atoms with E-state index < -0.39 is 0 Å². The van der Waals surface area contributed by atoms with Gasteiger partial charge in [0.2, 0.25) is 0 Å². The van der Waals surface area contributed by atoms with Crippen LogP contribution in [-0.2, 0) is 4.79 Å². The Morgan fingerprint density at radius 3 is 3.00 bits per heavy atom. The molecule has 5 N–H and O–H groups in total. The number of rotatable bonds is 2. The number of carbonyl (C=O) groups excluding carboxylic acids is 1. The maximum atomic E-state index is 12.3. The minimum Gasteiger partial charge on any atom is -0.384 e. The second kappa shape index (κ2) is 4.81. The molecule has 0 saturated heterocycles. The van der Waals surface area contributed by atoms with Crippen molar-refractivity contribution in [3.63, 3.8) is 0 Å². The van der Waals surface area contributed by atoms with Crippen LogP contribution in [0.25, 0.3) is 22.7 Å². The van der Waals surface area contributed by atoms with Crippen molar-refractivity contribution in [2.45, 2.75) is 0 Å². The highest BCUT2D eigenvalue weighted by molar-refractivity contribution is 6.35. The average molecular weight is 303 g/mol. The SMILES string of the molecule is N=C(N)c1ccc2c(c1)C(=Cc1c[nH]c3ncccc13)C(=O)N2. The topological polar surface area (TPSA) is 108 Å². The molecule has 1 amide bonds. The van der Waals surface area contributed by atoms with Crippen LogP contribution in [-0.4, -0.2) is 21.7 Å². The number of hydrogen-bond acceptors (Lipinski definition) is 3. The van der Waals surface area contributed by atoms with Crippen molar-refractivity contribution in [3.05, 3.63) is 59.4 Å². The van der Waals surface area contributed by atoms with Crippen molar-refractivity contribution in [2.75, 3.05) is 5.32 Å². The van der Waals surface area contributed by atoms with Gasteiger partial charge in [-0.05, 0) is 36.4 Å². The van der Waals surface area contributed by atoms with E-state index >= 15 is 0 Å². The number of nitrogens with two attached hydrogens (primary N) is 1. The van der Waals surface area contributed by atoms with Crippen LogP contribution in [0.3, 0.4) is 0 Å². The molecule has 1 aliphatic rings. The summed E-state index contributed by atoms with van der Waals surface area (Å²) in [5, 5.41) is 11.3. The zero-order valence-electron chi connectivity index (χ0n) is 12.1. The van der Waals surface area contributed by atoms with E-state index in [0.29, 0.717) is 11.1 Å². The molecule has 0 fully saturated rings. The molecule has 0 unspecified atom stereocenters. The number of hydrogen-bond donors (Lipinski definition) is 4. The molecule has 0 radical (unpaired) electrons. The van der Waals surface area contributed by atoms with Gasteiger partial charge in [-0.25, -0.2) is 4.98 Å². The number of aromatic amines is 1. The number of amidine groups is 1. The summed E-state index contributed by atoms with van der Waals surface area (Å²) in [4.78, 5) is 19.6. The van der Waals surface area contributed by atoms with Gasteiger partial charge in [-0.1, -0.05) is 0 Å². The summed E-state index contributed by atoms with van der Waals surface area (Å²) in [5.74, 6) is -0.193.